The Morgan fingerprint density at radius 1 is 0.365 bits per heavy atom. The average Bonchev–Trinajstić information content (AvgIpc) is 3.60. The van der Waals surface area contributed by atoms with Gasteiger partial charge in [-0.2, -0.15) is 0 Å². The van der Waals surface area contributed by atoms with Crippen LogP contribution in [0, 0.1) is 0 Å². The maximum atomic E-state index is 6.29. The van der Waals surface area contributed by atoms with Crippen molar-refractivity contribution in [3.05, 3.63) is 170 Å². The van der Waals surface area contributed by atoms with Gasteiger partial charge in [-0.25, -0.2) is 15.0 Å². The zero-order valence-electron chi connectivity index (χ0n) is 27.9. The lowest BCUT2D eigenvalue weighted by Gasteiger charge is -2.35. The zero-order valence-corrected chi connectivity index (χ0v) is 27.9. The van der Waals surface area contributed by atoms with Gasteiger partial charge in [0.25, 0.3) is 0 Å². The molecule has 8 aromatic carbocycles. The first-order chi connectivity index (χ1) is 25.8. The lowest BCUT2D eigenvalue weighted by atomic mass is 9.88. The van der Waals surface area contributed by atoms with Gasteiger partial charge in [-0.3, -0.25) is 0 Å². The first-order valence-electron chi connectivity index (χ1n) is 17.5. The van der Waals surface area contributed by atoms with Gasteiger partial charge < -0.3 is 9.32 Å². The summed E-state index contributed by atoms with van der Waals surface area (Å²) in [6.07, 6.45) is 0. The van der Waals surface area contributed by atoms with Crippen molar-refractivity contribution >= 4 is 60.5 Å². The largest absolute Gasteiger partial charge is 0.456 e. The van der Waals surface area contributed by atoms with Crippen LogP contribution in [0.25, 0.3) is 88.8 Å². The Morgan fingerprint density at radius 3 is 1.88 bits per heavy atom. The molecular weight excluding hydrogens is 637 g/mol. The topological polar surface area (TPSA) is 55.1 Å². The van der Waals surface area contributed by atoms with E-state index >= 15 is 0 Å². The number of furan rings is 1. The SMILES string of the molecule is c1ccc(-c2nc(-c3ccccc3N3c4c(ccc5ccccc45)-c4cccc5cccc3c45)nc(-c3cccc4oc5ccccc5c34)n2)cc1. The van der Waals surface area contributed by atoms with Crippen LogP contribution >= 0.6 is 0 Å². The van der Waals surface area contributed by atoms with Crippen molar-refractivity contribution in [2.45, 2.75) is 0 Å². The minimum Gasteiger partial charge on any atom is -0.456 e. The molecule has 0 amide bonds. The number of nitrogens with zero attached hydrogens (tertiary/aromatic N) is 4. The van der Waals surface area contributed by atoms with Gasteiger partial charge in [-0.1, -0.05) is 140 Å². The lowest BCUT2D eigenvalue weighted by molar-refractivity contribution is 0.669. The van der Waals surface area contributed by atoms with Crippen LogP contribution in [-0.4, -0.2) is 15.0 Å². The summed E-state index contributed by atoms with van der Waals surface area (Å²) in [5.74, 6) is 1.79. The standard InChI is InChI=1S/C47H28N4O/c1-2-14-31(15-3-1)45-48-46(50-47(49-45)37-22-12-26-41-43(37)36-20-7-9-25-40(36)52-41)35-19-6-8-23-38(35)51-39-24-11-17-30-16-10-21-33(42(30)39)34-28-27-29-13-4-5-18-32(29)44(34)51/h1-28H. The van der Waals surface area contributed by atoms with E-state index in [1.54, 1.807) is 0 Å². The Hall–Kier alpha value is -7.11. The Labute approximate surface area is 299 Å². The molecule has 0 saturated carbocycles. The molecule has 5 heteroatoms. The molecule has 10 aromatic rings. The molecule has 0 radical (unpaired) electrons. The quantitative estimate of drug-likeness (QED) is 0.187. The van der Waals surface area contributed by atoms with Crippen molar-refractivity contribution in [1.29, 1.82) is 0 Å². The molecule has 11 rings (SSSR count). The lowest BCUT2D eigenvalue weighted by Crippen LogP contribution is -2.17. The van der Waals surface area contributed by atoms with Crippen LogP contribution in [0.1, 0.15) is 0 Å². The van der Waals surface area contributed by atoms with E-state index in [0.717, 1.165) is 55.7 Å². The fourth-order valence-electron chi connectivity index (χ4n) is 7.97. The minimum absolute atomic E-state index is 0.591. The summed E-state index contributed by atoms with van der Waals surface area (Å²) in [4.78, 5) is 18.1. The van der Waals surface area contributed by atoms with Gasteiger partial charge in [0.2, 0.25) is 0 Å². The van der Waals surface area contributed by atoms with Crippen LogP contribution in [0.2, 0.25) is 0 Å². The van der Waals surface area contributed by atoms with Crippen LogP contribution in [-0.2, 0) is 0 Å². The Bertz CT molecular complexity index is 3030. The maximum absolute atomic E-state index is 6.29. The molecule has 0 saturated heterocycles. The van der Waals surface area contributed by atoms with Crippen molar-refractivity contribution in [3.63, 3.8) is 0 Å². The van der Waals surface area contributed by atoms with Crippen molar-refractivity contribution in [1.82, 2.24) is 15.0 Å². The fraction of sp³-hybridized carbons (Fsp3) is 0. The molecule has 242 valence electrons. The summed E-state index contributed by atoms with van der Waals surface area (Å²) < 4.78 is 6.29. The van der Waals surface area contributed by atoms with Gasteiger partial charge in [0, 0.05) is 43.8 Å². The first-order valence-corrected chi connectivity index (χ1v) is 17.5. The second-order valence-corrected chi connectivity index (χ2v) is 13.2. The maximum Gasteiger partial charge on any atom is 0.166 e. The second kappa shape index (κ2) is 11.2. The normalized spacial score (nSPS) is 12.2. The fourth-order valence-corrected chi connectivity index (χ4v) is 7.97. The molecule has 0 spiro atoms. The predicted octanol–water partition coefficient (Wildman–Crippen LogP) is 12.5. The van der Waals surface area contributed by atoms with Crippen LogP contribution in [0.5, 0.6) is 0 Å². The summed E-state index contributed by atoms with van der Waals surface area (Å²) in [5, 5.41) is 6.81. The summed E-state index contributed by atoms with van der Waals surface area (Å²) in [5.41, 5.74) is 10.0. The van der Waals surface area contributed by atoms with E-state index in [4.69, 9.17) is 19.4 Å². The number of rotatable bonds is 4. The van der Waals surface area contributed by atoms with E-state index in [2.05, 4.69) is 114 Å². The van der Waals surface area contributed by atoms with Gasteiger partial charge in [-0.05, 0) is 46.7 Å². The van der Waals surface area contributed by atoms with Gasteiger partial charge in [0.1, 0.15) is 11.2 Å². The van der Waals surface area contributed by atoms with Crippen LogP contribution in [0.3, 0.4) is 0 Å². The van der Waals surface area contributed by atoms with Crippen molar-refractivity contribution < 1.29 is 4.42 Å². The van der Waals surface area contributed by atoms with Gasteiger partial charge in [-0.15, -0.1) is 0 Å². The van der Waals surface area contributed by atoms with E-state index in [1.165, 1.54) is 32.7 Å². The minimum atomic E-state index is 0.591. The molecule has 1 aliphatic rings. The van der Waals surface area contributed by atoms with E-state index < -0.39 is 0 Å². The van der Waals surface area contributed by atoms with Crippen LogP contribution in [0.15, 0.2) is 174 Å². The van der Waals surface area contributed by atoms with E-state index in [0.29, 0.717) is 17.5 Å². The van der Waals surface area contributed by atoms with Gasteiger partial charge >= 0.3 is 0 Å². The Morgan fingerprint density at radius 2 is 0.981 bits per heavy atom. The monoisotopic (exact) mass is 664 g/mol. The Balaban J connectivity index is 1.21. The number of anilines is 3. The molecule has 0 bridgehead atoms. The van der Waals surface area contributed by atoms with Crippen LogP contribution in [0.4, 0.5) is 17.1 Å². The van der Waals surface area contributed by atoms with E-state index in [-0.39, 0.29) is 0 Å². The third kappa shape index (κ3) is 4.26. The highest BCUT2D eigenvalue weighted by atomic mass is 16.3. The van der Waals surface area contributed by atoms with Gasteiger partial charge in [0.15, 0.2) is 17.5 Å². The molecule has 5 nitrogen and oxygen atoms in total. The summed E-state index contributed by atoms with van der Waals surface area (Å²) >= 11 is 0. The molecule has 3 heterocycles. The molecular formula is C47H28N4O. The highest BCUT2D eigenvalue weighted by molar-refractivity contribution is 6.19. The second-order valence-electron chi connectivity index (χ2n) is 13.2. The molecule has 0 N–H and O–H groups in total. The summed E-state index contributed by atoms with van der Waals surface area (Å²) in [6.45, 7) is 0. The first kappa shape index (κ1) is 28.7. The molecule has 52 heavy (non-hydrogen) atoms. The number of hydrogen-bond donors (Lipinski definition) is 0. The van der Waals surface area contributed by atoms with Crippen molar-refractivity contribution in [2.75, 3.05) is 4.90 Å². The number of benzene rings is 8. The number of para-hydroxylation sites is 2. The molecule has 1 aliphatic heterocycles. The third-order valence-corrected chi connectivity index (χ3v) is 10.2. The third-order valence-electron chi connectivity index (χ3n) is 10.2. The highest BCUT2D eigenvalue weighted by Crippen LogP contribution is 2.54. The molecule has 0 unspecified atom stereocenters. The number of hydrogen-bond acceptors (Lipinski definition) is 5. The smallest absolute Gasteiger partial charge is 0.166 e. The van der Waals surface area contributed by atoms with E-state index in [9.17, 15) is 0 Å². The van der Waals surface area contributed by atoms with Crippen molar-refractivity contribution in [3.8, 4) is 45.3 Å². The zero-order chi connectivity index (χ0) is 34.2. The highest BCUT2D eigenvalue weighted by Gasteiger charge is 2.30. The average molecular weight is 665 g/mol. The molecule has 0 aliphatic carbocycles. The summed E-state index contributed by atoms with van der Waals surface area (Å²) in [7, 11) is 0. The molecule has 2 aromatic heterocycles. The number of aromatic nitrogens is 3. The predicted molar refractivity (Wildman–Crippen MR) is 212 cm³/mol. The molecule has 0 fully saturated rings. The van der Waals surface area contributed by atoms with Gasteiger partial charge in [0.05, 0.1) is 17.1 Å². The van der Waals surface area contributed by atoms with E-state index in [1.807, 2.05) is 60.7 Å². The number of fused-ring (bicyclic) bond motifs is 7. The molecule has 0 atom stereocenters. The van der Waals surface area contributed by atoms with Crippen molar-refractivity contribution in [2.24, 2.45) is 0 Å². The Kier molecular flexibility index (Phi) is 6.18. The van der Waals surface area contributed by atoms with Crippen LogP contribution < -0.4 is 4.90 Å². The summed E-state index contributed by atoms with van der Waals surface area (Å²) in [6, 6.07) is 59.2.